The summed E-state index contributed by atoms with van der Waals surface area (Å²) >= 11 is 0. The van der Waals surface area contributed by atoms with Crippen LogP contribution < -0.4 is 5.32 Å². The fourth-order valence-corrected chi connectivity index (χ4v) is 2.96. The van der Waals surface area contributed by atoms with E-state index in [1.54, 1.807) is 4.90 Å². The van der Waals surface area contributed by atoms with Gasteiger partial charge < -0.3 is 24.3 Å². The number of alkyl halides is 3. The molecule has 2 saturated heterocycles. The van der Waals surface area contributed by atoms with Crippen LogP contribution in [0.4, 0.5) is 18.0 Å². The molecule has 0 radical (unpaired) electrons. The van der Waals surface area contributed by atoms with E-state index < -0.39 is 18.3 Å². The Hall–Kier alpha value is -1.81. The zero-order valence-corrected chi connectivity index (χ0v) is 13.0. The maximum absolute atomic E-state index is 12.5. The number of rotatable bonds is 3. The summed E-state index contributed by atoms with van der Waals surface area (Å²) in [5.41, 5.74) is -0.454. The van der Waals surface area contributed by atoms with Gasteiger partial charge >= 0.3 is 12.2 Å². The van der Waals surface area contributed by atoms with E-state index in [-0.39, 0.29) is 18.4 Å². The second-order valence-corrected chi connectivity index (χ2v) is 6.00. The Morgan fingerprint density at radius 1 is 1.42 bits per heavy atom. The summed E-state index contributed by atoms with van der Waals surface area (Å²) in [5.74, 6) is 0.160. The lowest BCUT2D eigenvalue weighted by atomic mass is 10.0. The van der Waals surface area contributed by atoms with Gasteiger partial charge in [0, 0.05) is 32.0 Å². The van der Waals surface area contributed by atoms with Gasteiger partial charge in [0.15, 0.2) is 0 Å². The van der Waals surface area contributed by atoms with Gasteiger partial charge in [-0.05, 0) is 0 Å². The van der Waals surface area contributed by atoms with Crippen LogP contribution >= 0.6 is 0 Å². The van der Waals surface area contributed by atoms with E-state index in [1.165, 1.54) is 12.4 Å². The Morgan fingerprint density at radius 3 is 2.96 bits per heavy atom. The summed E-state index contributed by atoms with van der Waals surface area (Å²) in [6, 6.07) is -0.342. The first-order valence-corrected chi connectivity index (χ1v) is 7.68. The zero-order chi connectivity index (χ0) is 17.2. The third-order valence-electron chi connectivity index (χ3n) is 4.15. The van der Waals surface area contributed by atoms with Crippen molar-refractivity contribution >= 4 is 6.03 Å². The lowest BCUT2D eigenvalue weighted by molar-refractivity contribution is -0.141. The highest BCUT2D eigenvalue weighted by molar-refractivity contribution is 5.74. The van der Waals surface area contributed by atoms with Crippen LogP contribution in [0.15, 0.2) is 12.4 Å². The SMILES string of the molecule is O=C(NCc1nccn1CC(F)(F)F)N1CCOC2(CCOC2)C1. The molecule has 2 aliphatic heterocycles. The highest BCUT2D eigenvalue weighted by Gasteiger charge is 2.41. The van der Waals surface area contributed by atoms with Crippen LogP contribution in [0.2, 0.25) is 0 Å². The van der Waals surface area contributed by atoms with E-state index in [1.807, 2.05) is 0 Å². The van der Waals surface area contributed by atoms with Crippen molar-refractivity contribution in [1.29, 1.82) is 0 Å². The Morgan fingerprint density at radius 2 is 2.25 bits per heavy atom. The Labute approximate surface area is 136 Å². The zero-order valence-electron chi connectivity index (χ0n) is 13.0. The van der Waals surface area contributed by atoms with Crippen molar-refractivity contribution in [2.75, 3.05) is 32.9 Å². The van der Waals surface area contributed by atoms with Gasteiger partial charge in [0.05, 0.1) is 26.3 Å². The van der Waals surface area contributed by atoms with Crippen molar-refractivity contribution in [3.05, 3.63) is 18.2 Å². The summed E-state index contributed by atoms with van der Waals surface area (Å²) in [7, 11) is 0. The van der Waals surface area contributed by atoms with Crippen molar-refractivity contribution < 1.29 is 27.4 Å². The smallest absolute Gasteiger partial charge is 0.378 e. The van der Waals surface area contributed by atoms with Gasteiger partial charge in [-0.1, -0.05) is 0 Å². The molecule has 0 aliphatic carbocycles. The Kier molecular flexibility index (Phi) is 4.68. The van der Waals surface area contributed by atoms with E-state index in [2.05, 4.69) is 10.3 Å². The molecule has 0 saturated carbocycles. The van der Waals surface area contributed by atoms with Crippen LogP contribution in [-0.4, -0.2) is 65.2 Å². The number of carbonyl (C=O) groups excluding carboxylic acids is 1. The second kappa shape index (κ2) is 6.60. The number of carbonyl (C=O) groups is 1. The van der Waals surface area contributed by atoms with Crippen molar-refractivity contribution in [1.82, 2.24) is 19.8 Å². The number of aromatic nitrogens is 2. The van der Waals surface area contributed by atoms with Crippen LogP contribution in [-0.2, 0) is 22.6 Å². The highest BCUT2D eigenvalue weighted by Crippen LogP contribution is 2.27. The summed E-state index contributed by atoms with van der Waals surface area (Å²) in [4.78, 5) is 17.8. The van der Waals surface area contributed by atoms with Gasteiger partial charge in [-0.25, -0.2) is 9.78 Å². The number of urea groups is 1. The molecule has 3 rings (SSSR count). The predicted octanol–water partition coefficient (Wildman–Crippen LogP) is 1.15. The number of nitrogens with zero attached hydrogens (tertiary/aromatic N) is 3. The molecule has 1 unspecified atom stereocenters. The Bertz CT molecular complexity index is 584. The van der Waals surface area contributed by atoms with Gasteiger partial charge in [-0.15, -0.1) is 0 Å². The first-order chi connectivity index (χ1) is 11.4. The van der Waals surface area contributed by atoms with Crippen molar-refractivity contribution in [2.45, 2.75) is 31.3 Å². The van der Waals surface area contributed by atoms with Crippen LogP contribution in [0.25, 0.3) is 0 Å². The standard InChI is InChI=1S/C14H19F3N4O3/c15-14(16,17)9-20-3-2-18-11(20)7-19-12(22)21-4-6-24-13(8-21)1-5-23-10-13/h2-3H,1,4-10H2,(H,19,22). The lowest BCUT2D eigenvalue weighted by Gasteiger charge is -2.39. The van der Waals surface area contributed by atoms with Gasteiger partial charge in [0.1, 0.15) is 18.0 Å². The number of morpholine rings is 1. The maximum Gasteiger partial charge on any atom is 0.406 e. The van der Waals surface area contributed by atoms with E-state index in [0.29, 0.717) is 32.9 Å². The average molecular weight is 348 g/mol. The molecule has 24 heavy (non-hydrogen) atoms. The third-order valence-corrected chi connectivity index (χ3v) is 4.15. The van der Waals surface area contributed by atoms with Crippen molar-refractivity contribution in [3.63, 3.8) is 0 Å². The van der Waals surface area contributed by atoms with Crippen LogP contribution in [0.1, 0.15) is 12.2 Å². The van der Waals surface area contributed by atoms with Crippen LogP contribution in [0.3, 0.4) is 0 Å². The molecule has 2 fully saturated rings. The molecule has 2 aliphatic rings. The quantitative estimate of drug-likeness (QED) is 0.890. The number of imidazole rings is 1. The molecule has 3 heterocycles. The number of halogens is 3. The number of amides is 2. The minimum Gasteiger partial charge on any atom is -0.378 e. The molecule has 1 atom stereocenters. The van der Waals surface area contributed by atoms with Gasteiger partial charge in [-0.3, -0.25) is 0 Å². The topological polar surface area (TPSA) is 68.6 Å². The Balaban J connectivity index is 1.55. The molecule has 1 aromatic heterocycles. The highest BCUT2D eigenvalue weighted by atomic mass is 19.4. The third kappa shape index (κ3) is 3.99. The molecule has 0 aromatic carbocycles. The van der Waals surface area contributed by atoms with Crippen LogP contribution in [0.5, 0.6) is 0 Å². The molecule has 1 N–H and O–H groups in total. The van der Waals surface area contributed by atoms with E-state index in [4.69, 9.17) is 9.47 Å². The molecule has 7 nitrogen and oxygen atoms in total. The molecule has 10 heteroatoms. The monoisotopic (exact) mass is 348 g/mol. The number of hydrogen-bond acceptors (Lipinski definition) is 4. The van der Waals surface area contributed by atoms with Gasteiger partial charge in [0.2, 0.25) is 0 Å². The molecule has 1 aromatic rings. The fraction of sp³-hybridized carbons (Fsp3) is 0.714. The average Bonchev–Trinajstić information content (AvgIpc) is 3.13. The minimum absolute atomic E-state index is 0.0667. The number of ether oxygens (including phenoxy) is 2. The minimum atomic E-state index is -4.33. The number of nitrogens with one attached hydrogen (secondary N) is 1. The first kappa shape index (κ1) is 17.0. The lowest BCUT2D eigenvalue weighted by Crippen LogP contribution is -2.56. The molecule has 134 valence electrons. The number of hydrogen-bond donors (Lipinski definition) is 1. The maximum atomic E-state index is 12.5. The second-order valence-electron chi connectivity index (χ2n) is 6.00. The predicted molar refractivity (Wildman–Crippen MR) is 76.2 cm³/mol. The van der Waals surface area contributed by atoms with Gasteiger partial charge in [-0.2, -0.15) is 13.2 Å². The molecular formula is C14H19F3N4O3. The summed E-state index contributed by atoms with van der Waals surface area (Å²) in [5, 5.41) is 2.63. The van der Waals surface area contributed by atoms with Gasteiger partial charge in [0.25, 0.3) is 0 Å². The molecule has 0 bridgehead atoms. The van der Waals surface area contributed by atoms with Crippen molar-refractivity contribution in [3.8, 4) is 0 Å². The van der Waals surface area contributed by atoms with E-state index in [9.17, 15) is 18.0 Å². The van der Waals surface area contributed by atoms with E-state index >= 15 is 0 Å². The summed E-state index contributed by atoms with van der Waals surface area (Å²) in [6.07, 6.45) is -1.08. The summed E-state index contributed by atoms with van der Waals surface area (Å²) < 4.78 is 49.5. The normalized spacial score (nSPS) is 24.5. The van der Waals surface area contributed by atoms with Crippen LogP contribution in [0, 0.1) is 0 Å². The molecular weight excluding hydrogens is 329 g/mol. The largest absolute Gasteiger partial charge is 0.406 e. The molecule has 1 spiro atoms. The van der Waals surface area contributed by atoms with Crippen molar-refractivity contribution in [2.24, 2.45) is 0 Å². The molecule has 2 amide bonds. The fourth-order valence-electron chi connectivity index (χ4n) is 2.96. The summed E-state index contributed by atoms with van der Waals surface area (Å²) in [6.45, 7) is 1.12. The first-order valence-electron chi connectivity index (χ1n) is 7.68. The van der Waals surface area contributed by atoms with E-state index in [0.717, 1.165) is 11.0 Å².